The third-order valence-corrected chi connectivity index (χ3v) is 8.49. The van der Waals surface area contributed by atoms with Gasteiger partial charge in [0.25, 0.3) is 0 Å². The van der Waals surface area contributed by atoms with Crippen molar-refractivity contribution < 1.29 is 23.0 Å². The summed E-state index contributed by atoms with van der Waals surface area (Å²) in [6.07, 6.45) is -0.668. The van der Waals surface area contributed by atoms with Crippen LogP contribution in [-0.2, 0) is 21.3 Å². The van der Waals surface area contributed by atoms with E-state index in [-0.39, 0.29) is 11.5 Å². The maximum absolute atomic E-state index is 13.0. The Kier molecular flexibility index (Phi) is 7.60. The number of rotatable bonds is 9. The zero-order valence-electron chi connectivity index (χ0n) is 18.8. The number of thioether (sulfide) groups is 1. The van der Waals surface area contributed by atoms with Gasteiger partial charge in [-0.1, -0.05) is 29.5 Å². The summed E-state index contributed by atoms with van der Waals surface area (Å²) < 4.78 is 40.4. The van der Waals surface area contributed by atoms with Gasteiger partial charge in [0.1, 0.15) is 12.4 Å². The first-order valence-electron chi connectivity index (χ1n) is 11.0. The monoisotopic (exact) mass is 491 g/mol. The lowest BCUT2D eigenvalue weighted by Crippen LogP contribution is -2.40. The van der Waals surface area contributed by atoms with Crippen LogP contribution < -0.4 is 4.74 Å². The quantitative estimate of drug-likeness (QED) is 0.460. The smallest absolute Gasteiger partial charge is 0.243 e. The minimum Gasteiger partial charge on any atom is -0.491 e. The van der Waals surface area contributed by atoms with Crippen molar-refractivity contribution in [1.82, 2.24) is 13.9 Å². The highest BCUT2D eigenvalue weighted by Gasteiger charge is 2.27. The molecule has 0 saturated carbocycles. The molecule has 2 heterocycles. The zero-order chi connectivity index (χ0) is 23.4. The van der Waals surface area contributed by atoms with Gasteiger partial charge in [-0.05, 0) is 44.2 Å². The van der Waals surface area contributed by atoms with Gasteiger partial charge in [-0.25, -0.2) is 13.4 Å². The van der Waals surface area contributed by atoms with Gasteiger partial charge < -0.3 is 19.1 Å². The predicted molar refractivity (Wildman–Crippen MR) is 128 cm³/mol. The topological polar surface area (TPSA) is 93.9 Å². The number of aliphatic hydroxyl groups is 1. The second-order valence-corrected chi connectivity index (χ2v) is 10.8. The number of benzene rings is 2. The molecule has 8 nitrogen and oxygen atoms in total. The minimum atomic E-state index is -3.59. The van der Waals surface area contributed by atoms with Gasteiger partial charge in [0, 0.05) is 25.4 Å². The lowest BCUT2D eigenvalue weighted by molar-refractivity contribution is 0.0730. The summed E-state index contributed by atoms with van der Waals surface area (Å²) in [5.74, 6) is 1.13. The van der Waals surface area contributed by atoms with E-state index in [4.69, 9.17) is 9.47 Å². The molecule has 1 N–H and O–H groups in total. The van der Waals surface area contributed by atoms with Crippen molar-refractivity contribution in [2.45, 2.75) is 36.5 Å². The number of aryl methyl sites for hydroxylation is 2. The summed E-state index contributed by atoms with van der Waals surface area (Å²) in [5.41, 5.74) is 2.64. The number of hydrogen-bond acceptors (Lipinski definition) is 7. The fourth-order valence-corrected chi connectivity index (χ4v) is 6.06. The third-order valence-electron chi connectivity index (χ3n) is 5.48. The van der Waals surface area contributed by atoms with Crippen molar-refractivity contribution >= 4 is 32.8 Å². The molecule has 0 amide bonds. The molecule has 0 bridgehead atoms. The number of fused-ring (bicyclic) bond motifs is 1. The second-order valence-electron chi connectivity index (χ2n) is 7.89. The largest absolute Gasteiger partial charge is 0.491 e. The molecule has 178 valence electrons. The highest BCUT2D eigenvalue weighted by Crippen LogP contribution is 2.28. The molecular weight excluding hydrogens is 462 g/mol. The van der Waals surface area contributed by atoms with Crippen molar-refractivity contribution in [3.8, 4) is 5.75 Å². The first-order valence-corrected chi connectivity index (χ1v) is 13.4. The first-order chi connectivity index (χ1) is 15.9. The van der Waals surface area contributed by atoms with Crippen LogP contribution in [0.3, 0.4) is 0 Å². The number of imidazole rings is 1. The van der Waals surface area contributed by atoms with E-state index >= 15 is 0 Å². The average molecular weight is 492 g/mol. The van der Waals surface area contributed by atoms with E-state index in [0.29, 0.717) is 44.1 Å². The summed E-state index contributed by atoms with van der Waals surface area (Å²) in [5, 5.41) is 11.1. The normalized spacial score (nSPS) is 16.2. The van der Waals surface area contributed by atoms with Crippen molar-refractivity contribution in [3.05, 3.63) is 48.0 Å². The van der Waals surface area contributed by atoms with E-state index in [1.165, 1.54) is 16.1 Å². The molecule has 2 aromatic carbocycles. The molecule has 1 atom stereocenters. The molecule has 0 aliphatic carbocycles. The van der Waals surface area contributed by atoms with Gasteiger partial charge >= 0.3 is 0 Å². The van der Waals surface area contributed by atoms with Crippen molar-refractivity contribution in [2.24, 2.45) is 0 Å². The molecule has 0 spiro atoms. The molecule has 0 radical (unpaired) electrons. The molecule has 1 unspecified atom stereocenters. The summed E-state index contributed by atoms with van der Waals surface area (Å²) in [6, 6.07) is 12.8. The van der Waals surface area contributed by atoms with E-state index in [1.807, 2.05) is 42.7 Å². The first kappa shape index (κ1) is 24.0. The number of morpholine rings is 1. The van der Waals surface area contributed by atoms with Gasteiger partial charge in [0.2, 0.25) is 10.0 Å². The second kappa shape index (κ2) is 10.4. The molecule has 1 aromatic heterocycles. The molecule has 1 aliphatic heterocycles. The van der Waals surface area contributed by atoms with E-state index in [2.05, 4.69) is 4.98 Å². The molecule has 1 aliphatic rings. The molecule has 1 saturated heterocycles. The molecular formula is C23H29N3O5S2. The number of aliphatic hydroxyl groups excluding tert-OH is 1. The summed E-state index contributed by atoms with van der Waals surface area (Å²) in [4.78, 5) is 4.91. The van der Waals surface area contributed by atoms with Crippen LogP contribution in [0.4, 0.5) is 0 Å². The SMILES string of the molecule is CCn1c(SCC(O)COc2ccc(C)cc2)nc2cc(S(=O)(=O)N3CCOCC3)ccc21. The van der Waals surface area contributed by atoms with Crippen LogP contribution in [-0.4, -0.2) is 72.1 Å². The molecule has 4 rings (SSSR count). The average Bonchev–Trinajstić information content (AvgIpc) is 3.19. The van der Waals surface area contributed by atoms with Crippen molar-refractivity contribution in [2.75, 3.05) is 38.7 Å². The summed E-state index contributed by atoms with van der Waals surface area (Å²) in [6.45, 7) is 6.41. The Hall–Kier alpha value is -2.11. The standard InChI is InChI=1S/C23H29N3O5S2/c1-3-26-22-9-8-20(33(28,29)25-10-12-30-13-11-25)14-21(22)24-23(26)32-16-18(27)15-31-19-6-4-17(2)5-7-19/h4-9,14,18,27H,3,10-13,15-16H2,1-2H3. The summed E-state index contributed by atoms with van der Waals surface area (Å²) >= 11 is 1.43. The Labute approximate surface area is 198 Å². The Morgan fingerprint density at radius 1 is 1.18 bits per heavy atom. The Balaban J connectivity index is 1.45. The van der Waals surface area contributed by atoms with Gasteiger partial charge in [-0.2, -0.15) is 4.31 Å². The fraction of sp³-hybridized carbons (Fsp3) is 0.435. The van der Waals surface area contributed by atoms with Crippen LogP contribution in [0.15, 0.2) is 52.5 Å². The highest BCUT2D eigenvalue weighted by molar-refractivity contribution is 7.99. The van der Waals surface area contributed by atoms with Crippen LogP contribution in [0.1, 0.15) is 12.5 Å². The zero-order valence-corrected chi connectivity index (χ0v) is 20.4. The minimum absolute atomic E-state index is 0.185. The Morgan fingerprint density at radius 3 is 2.61 bits per heavy atom. The summed E-state index contributed by atoms with van der Waals surface area (Å²) in [7, 11) is -3.59. The number of hydrogen-bond donors (Lipinski definition) is 1. The van der Waals surface area contributed by atoms with E-state index in [1.54, 1.807) is 18.2 Å². The van der Waals surface area contributed by atoms with Gasteiger partial charge in [0.15, 0.2) is 5.16 Å². The predicted octanol–water partition coefficient (Wildman–Crippen LogP) is 2.92. The van der Waals surface area contributed by atoms with Crippen molar-refractivity contribution in [3.63, 3.8) is 0 Å². The number of ether oxygens (including phenoxy) is 2. The van der Waals surface area contributed by atoms with Crippen molar-refractivity contribution in [1.29, 1.82) is 0 Å². The van der Waals surface area contributed by atoms with Crippen LogP contribution in [0.5, 0.6) is 5.75 Å². The van der Waals surface area contributed by atoms with Gasteiger partial charge in [0.05, 0.1) is 35.2 Å². The van der Waals surface area contributed by atoms with Crippen LogP contribution >= 0.6 is 11.8 Å². The van der Waals surface area contributed by atoms with Gasteiger partial charge in [-0.15, -0.1) is 0 Å². The van der Waals surface area contributed by atoms with Gasteiger partial charge in [-0.3, -0.25) is 0 Å². The maximum atomic E-state index is 13.0. The lowest BCUT2D eigenvalue weighted by Gasteiger charge is -2.26. The Morgan fingerprint density at radius 2 is 1.91 bits per heavy atom. The lowest BCUT2D eigenvalue weighted by atomic mass is 10.2. The maximum Gasteiger partial charge on any atom is 0.243 e. The molecule has 1 fully saturated rings. The molecule has 33 heavy (non-hydrogen) atoms. The van der Waals surface area contributed by atoms with E-state index < -0.39 is 16.1 Å². The Bertz CT molecular complexity index is 1190. The fourth-order valence-electron chi connectivity index (χ4n) is 3.65. The van der Waals surface area contributed by atoms with Crippen LogP contribution in [0.2, 0.25) is 0 Å². The third kappa shape index (κ3) is 5.52. The highest BCUT2D eigenvalue weighted by atomic mass is 32.2. The number of sulfonamides is 1. The van der Waals surface area contributed by atoms with E-state index in [9.17, 15) is 13.5 Å². The van der Waals surface area contributed by atoms with Crippen LogP contribution in [0, 0.1) is 6.92 Å². The molecule has 10 heteroatoms. The number of nitrogens with zero attached hydrogens (tertiary/aromatic N) is 3. The molecule has 3 aromatic rings. The number of aromatic nitrogens is 2. The van der Waals surface area contributed by atoms with E-state index in [0.717, 1.165) is 22.0 Å². The van der Waals surface area contributed by atoms with Crippen LogP contribution in [0.25, 0.3) is 11.0 Å².